The van der Waals surface area contributed by atoms with Gasteiger partial charge in [-0.15, -0.1) is 0 Å². The molecule has 0 N–H and O–H groups in total. The lowest BCUT2D eigenvalue weighted by Gasteiger charge is -2.21. The Labute approximate surface area is 153 Å². The van der Waals surface area contributed by atoms with E-state index in [0.717, 1.165) is 5.69 Å². The SMILES string of the molecule is CCN(CC)S(=O)(=O)c1cc(C(=O)N(C)c2ccccc2)ccc1Cl. The summed E-state index contributed by atoms with van der Waals surface area (Å²) in [5, 5.41) is 0.103. The number of halogens is 1. The molecule has 0 aliphatic carbocycles. The van der Waals surface area contributed by atoms with Gasteiger partial charge in [-0.25, -0.2) is 8.42 Å². The molecule has 0 aromatic heterocycles. The Hall–Kier alpha value is -1.89. The summed E-state index contributed by atoms with van der Waals surface area (Å²) < 4.78 is 26.8. The summed E-state index contributed by atoms with van der Waals surface area (Å²) in [5.74, 6) is -0.307. The monoisotopic (exact) mass is 380 g/mol. The van der Waals surface area contributed by atoms with Crippen molar-refractivity contribution in [1.29, 1.82) is 0 Å². The predicted molar refractivity (Wildman–Crippen MR) is 101 cm³/mol. The summed E-state index contributed by atoms with van der Waals surface area (Å²) in [5.41, 5.74) is 0.983. The van der Waals surface area contributed by atoms with Gasteiger partial charge < -0.3 is 4.90 Å². The highest BCUT2D eigenvalue weighted by Crippen LogP contribution is 2.27. The summed E-state index contributed by atoms with van der Waals surface area (Å²) >= 11 is 6.11. The molecule has 5 nitrogen and oxygen atoms in total. The minimum atomic E-state index is -3.75. The molecule has 25 heavy (non-hydrogen) atoms. The van der Waals surface area contributed by atoms with E-state index in [1.165, 1.54) is 27.4 Å². The maximum atomic E-state index is 12.7. The summed E-state index contributed by atoms with van der Waals surface area (Å²) in [7, 11) is -2.10. The van der Waals surface area contributed by atoms with Crippen LogP contribution in [0.5, 0.6) is 0 Å². The lowest BCUT2D eigenvalue weighted by Crippen LogP contribution is -2.31. The van der Waals surface area contributed by atoms with Gasteiger partial charge in [0.2, 0.25) is 10.0 Å². The molecule has 2 rings (SSSR count). The quantitative estimate of drug-likeness (QED) is 0.768. The zero-order valence-electron chi connectivity index (χ0n) is 14.4. The van der Waals surface area contributed by atoms with Crippen LogP contribution in [0, 0.1) is 0 Å². The van der Waals surface area contributed by atoms with Crippen LogP contribution in [-0.4, -0.2) is 38.8 Å². The molecule has 0 bridgehead atoms. The first-order valence-corrected chi connectivity index (χ1v) is 9.77. The molecule has 0 atom stereocenters. The van der Waals surface area contributed by atoms with E-state index in [0.29, 0.717) is 13.1 Å². The van der Waals surface area contributed by atoms with E-state index < -0.39 is 10.0 Å². The molecule has 1 amide bonds. The van der Waals surface area contributed by atoms with E-state index >= 15 is 0 Å². The Morgan fingerprint density at radius 3 is 2.20 bits per heavy atom. The van der Waals surface area contributed by atoms with Crippen molar-refractivity contribution in [2.24, 2.45) is 0 Å². The summed E-state index contributed by atoms with van der Waals surface area (Å²) in [6.45, 7) is 4.18. The van der Waals surface area contributed by atoms with Gasteiger partial charge in [0.05, 0.1) is 5.02 Å². The average molecular weight is 381 g/mol. The zero-order chi connectivity index (χ0) is 18.6. The molecule has 134 valence electrons. The second-order valence-corrected chi connectivity index (χ2v) is 7.75. The van der Waals surface area contributed by atoms with Crippen LogP contribution >= 0.6 is 11.6 Å². The Morgan fingerprint density at radius 2 is 1.64 bits per heavy atom. The van der Waals surface area contributed by atoms with E-state index in [2.05, 4.69) is 0 Å². The summed E-state index contributed by atoms with van der Waals surface area (Å²) in [4.78, 5) is 14.1. The third-order valence-corrected chi connectivity index (χ3v) is 6.48. The van der Waals surface area contributed by atoms with Crippen LogP contribution in [0.15, 0.2) is 53.4 Å². The fraction of sp³-hybridized carbons (Fsp3) is 0.278. The third kappa shape index (κ3) is 4.03. The Morgan fingerprint density at radius 1 is 1.04 bits per heavy atom. The molecule has 2 aromatic carbocycles. The lowest BCUT2D eigenvalue weighted by atomic mass is 10.2. The number of carbonyl (C=O) groups is 1. The summed E-state index contributed by atoms with van der Waals surface area (Å²) in [6.07, 6.45) is 0. The van der Waals surface area contributed by atoms with Gasteiger partial charge in [0.25, 0.3) is 5.91 Å². The number of hydrogen-bond donors (Lipinski definition) is 0. The van der Waals surface area contributed by atoms with Crippen LogP contribution in [0.25, 0.3) is 0 Å². The number of rotatable bonds is 6. The number of nitrogens with zero attached hydrogens (tertiary/aromatic N) is 2. The van der Waals surface area contributed by atoms with Crippen molar-refractivity contribution in [2.45, 2.75) is 18.7 Å². The van der Waals surface area contributed by atoms with Gasteiger partial charge in [0, 0.05) is 31.4 Å². The number of benzene rings is 2. The first kappa shape index (κ1) is 19.4. The Kier molecular flexibility index (Phi) is 6.21. The van der Waals surface area contributed by atoms with Crippen molar-refractivity contribution in [3.8, 4) is 0 Å². The highest BCUT2D eigenvalue weighted by Gasteiger charge is 2.26. The molecule has 0 heterocycles. The lowest BCUT2D eigenvalue weighted by molar-refractivity contribution is 0.0993. The molecule has 0 aliphatic heterocycles. The minimum Gasteiger partial charge on any atom is -0.311 e. The maximum absolute atomic E-state index is 12.7. The van der Waals surface area contributed by atoms with E-state index in [-0.39, 0.29) is 21.4 Å². The number of para-hydroxylation sites is 1. The maximum Gasteiger partial charge on any atom is 0.258 e. The molecule has 0 radical (unpaired) electrons. The Bertz CT molecular complexity index is 850. The molecule has 7 heteroatoms. The number of sulfonamides is 1. The van der Waals surface area contributed by atoms with Crippen LogP contribution in [0.2, 0.25) is 5.02 Å². The number of hydrogen-bond acceptors (Lipinski definition) is 3. The van der Waals surface area contributed by atoms with Crippen molar-refractivity contribution < 1.29 is 13.2 Å². The minimum absolute atomic E-state index is 0.0508. The van der Waals surface area contributed by atoms with Crippen LogP contribution in [0.3, 0.4) is 0 Å². The average Bonchev–Trinajstić information content (AvgIpc) is 2.62. The summed E-state index contributed by atoms with van der Waals surface area (Å²) in [6, 6.07) is 13.5. The van der Waals surface area contributed by atoms with Crippen molar-refractivity contribution >= 4 is 33.2 Å². The van der Waals surface area contributed by atoms with Crippen molar-refractivity contribution in [3.63, 3.8) is 0 Å². The number of amides is 1. The van der Waals surface area contributed by atoms with E-state index in [4.69, 9.17) is 11.6 Å². The van der Waals surface area contributed by atoms with E-state index in [1.54, 1.807) is 33.0 Å². The number of anilines is 1. The highest BCUT2D eigenvalue weighted by molar-refractivity contribution is 7.89. The highest BCUT2D eigenvalue weighted by atomic mass is 35.5. The normalized spacial score (nSPS) is 11.6. The van der Waals surface area contributed by atoms with Crippen molar-refractivity contribution in [1.82, 2.24) is 4.31 Å². The van der Waals surface area contributed by atoms with Crippen LogP contribution in [-0.2, 0) is 10.0 Å². The van der Waals surface area contributed by atoms with Crippen molar-refractivity contribution in [2.75, 3.05) is 25.0 Å². The second-order valence-electron chi connectivity index (χ2n) is 5.43. The first-order valence-electron chi connectivity index (χ1n) is 7.95. The van der Waals surface area contributed by atoms with Gasteiger partial charge in [-0.3, -0.25) is 4.79 Å². The second kappa shape index (κ2) is 7.99. The molecular formula is C18H21ClN2O3S. The Balaban J connectivity index is 2.44. The van der Waals surface area contributed by atoms with Gasteiger partial charge in [0.15, 0.2) is 0 Å². The molecule has 0 fully saturated rings. The van der Waals surface area contributed by atoms with Crippen LogP contribution in [0.1, 0.15) is 24.2 Å². The fourth-order valence-electron chi connectivity index (χ4n) is 2.50. The molecule has 0 unspecified atom stereocenters. The standard InChI is InChI=1S/C18H21ClN2O3S/c1-4-21(5-2)25(23,24)17-13-14(11-12-16(17)19)18(22)20(3)15-9-7-6-8-10-15/h6-13H,4-5H2,1-3H3. The predicted octanol–water partition coefficient (Wildman–Crippen LogP) is 3.65. The first-order chi connectivity index (χ1) is 11.8. The fourth-order valence-corrected chi connectivity index (χ4v) is 4.46. The van der Waals surface area contributed by atoms with E-state index in [1.807, 2.05) is 18.2 Å². The zero-order valence-corrected chi connectivity index (χ0v) is 16.0. The molecule has 0 aliphatic rings. The van der Waals surface area contributed by atoms with Gasteiger partial charge in [0.1, 0.15) is 4.90 Å². The topological polar surface area (TPSA) is 57.7 Å². The molecule has 0 spiro atoms. The molecule has 2 aromatic rings. The molecule has 0 saturated carbocycles. The smallest absolute Gasteiger partial charge is 0.258 e. The largest absolute Gasteiger partial charge is 0.311 e. The number of carbonyl (C=O) groups excluding carboxylic acids is 1. The van der Waals surface area contributed by atoms with Crippen LogP contribution < -0.4 is 4.90 Å². The molecule has 0 saturated heterocycles. The van der Waals surface area contributed by atoms with Crippen LogP contribution in [0.4, 0.5) is 5.69 Å². The van der Waals surface area contributed by atoms with Gasteiger partial charge in [-0.1, -0.05) is 43.6 Å². The molecular weight excluding hydrogens is 360 g/mol. The van der Waals surface area contributed by atoms with Gasteiger partial charge in [-0.05, 0) is 30.3 Å². The van der Waals surface area contributed by atoms with Gasteiger partial charge >= 0.3 is 0 Å². The van der Waals surface area contributed by atoms with Crippen molar-refractivity contribution in [3.05, 3.63) is 59.1 Å². The van der Waals surface area contributed by atoms with E-state index in [9.17, 15) is 13.2 Å². The third-order valence-electron chi connectivity index (χ3n) is 3.95. The van der Waals surface area contributed by atoms with Gasteiger partial charge in [-0.2, -0.15) is 4.31 Å².